The fourth-order valence-electron chi connectivity index (χ4n) is 1.93. The topological polar surface area (TPSA) is 86.8 Å². The first-order valence-electron chi connectivity index (χ1n) is 8.23. The average Bonchev–Trinajstić information content (AvgIpc) is 2.55. The van der Waals surface area contributed by atoms with Gasteiger partial charge in [0.05, 0.1) is 6.61 Å². The average molecular weight is 335 g/mol. The maximum absolute atomic E-state index is 11.6. The molecule has 0 atom stereocenters. The van der Waals surface area contributed by atoms with Crippen LogP contribution in [-0.4, -0.2) is 44.8 Å². The van der Waals surface area contributed by atoms with E-state index >= 15 is 0 Å². The van der Waals surface area contributed by atoms with Crippen molar-refractivity contribution in [1.29, 1.82) is 0 Å². The van der Waals surface area contributed by atoms with Gasteiger partial charge in [0, 0.05) is 38.5 Å². The van der Waals surface area contributed by atoms with Crippen molar-refractivity contribution in [2.24, 2.45) is 4.99 Å². The largest absolute Gasteiger partial charge is 0.380 e. The summed E-state index contributed by atoms with van der Waals surface area (Å²) in [7, 11) is 1.73. The first kappa shape index (κ1) is 19.8. The molecule has 2 amide bonds. The van der Waals surface area contributed by atoms with E-state index in [0.29, 0.717) is 26.3 Å². The third-order valence-electron chi connectivity index (χ3n) is 3.06. The maximum Gasteiger partial charge on any atom is 0.319 e. The van der Waals surface area contributed by atoms with Gasteiger partial charge in [-0.3, -0.25) is 4.99 Å². The number of nitrogens with zero attached hydrogens (tertiary/aromatic N) is 1. The Hall–Kier alpha value is -2.28. The number of rotatable bonds is 8. The van der Waals surface area contributed by atoms with Gasteiger partial charge in [-0.1, -0.05) is 12.1 Å². The molecule has 1 aromatic carbocycles. The van der Waals surface area contributed by atoms with Crippen molar-refractivity contribution >= 4 is 17.7 Å². The van der Waals surface area contributed by atoms with E-state index in [1.165, 1.54) is 0 Å². The quantitative estimate of drug-likeness (QED) is 0.332. The summed E-state index contributed by atoms with van der Waals surface area (Å²) in [4.78, 5) is 15.8. The molecule has 4 N–H and O–H groups in total. The Balaban J connectivity index is 2.39. The molecule has 0 saturated carbocycles. The van der Waals surface area contributed by atoms with Gasteiger partial charge in [-0.15, -0.1) is 0 Å². The fourth-order valence-corrected chi connectivity index (χ4v) is 1.93. The van der Waals surface area contributed by atoms with Crippen molar-refractivity contribution in [2.75, 3.05) is 32.1 Å². The van der Waals surface area contributed by atoms with E-state index in [0.717, 1.165) is 17.2 Å². The highest BCUT2D eigenvalue weighted by Crippen LogP contribution is 2.09. The Morgan fingerprint density at radius 2 is 1.92 bits per heavy atom. The first-order valence-corrected chi connectivity index (χ1v) is 8.23. The van der Waals surface area contributed by atoms with Crippen molar-refractivity contribution < 1.29 is 9.53 Å². The second-order valence-electron chi connectivity index (χ2n) is 5.50. The molecule has 24 heavy (non-hydrogen) atoms. The monoisotopic (exact) mass is 335 g/mol. The molecule has 0 spiro atoms. The molecule has 0 aliphatic heterocycles. The fraction of sp³-hybridized carbons (Fsp3) is 0.529. The molecule has 134 valence electrons. The number of nitrogens with one attached hydrogen (secondary N) is 4. The van der Waals surface area contributed by atoms with E-state index in [1.54, 1.807) is 7.05 Å². The number of guanidine groups is 1. The van der Waals surface area contributed by atoms with Crippen LogP contribution in [0.3, 0.4) is 0 Å². The van der Waals surface area contributed by atoms with Crippen molar-refractivity contribution in [2.45, 2.75) is 33.4 Å². The minimum Gasteiger partial charge on any atom is -0.380 e. The van der Waals surface area contributed by atoms with Gasteiger partial charge in [-0.25, -0.2) is 4.79 Å². The van der Waals surface area contributed by atoms with Gasteiger partial charge in [-0.2, -0.15) is 0 Å². The number of carbonyl (C=O) groups is 1. The lowest BCUT2D eigenvalue weighted by Gasteiger charge is -2.13. The van der Waals surface area contributed by atoms with Gasteiger partial charge in [0.2, 0.25) is 0 Å². The van der Waals surface area contributed by atoms with E-state index in [4.69, 9.17) is 4.74 Å². The molecule has 0 bridgehead atoms. The Morgan fingerprint density at radius 3 is 2.50 bits per heavy atom. The third-order valence-corrected chi connectivity index (χ3v) is 3.06. The number of amides is 2. The molecule has 0 unspecified atom stereocenters. The molecule has 0 fully saturated rings. The highest BCUT2D eigenvalue weighted by molar-refractivity contribution is 5.89. The number of urea groups is 1. The van der Waals surface area contributed by atoms with Crippen molar-refractivity contribution in [3.63, 3.8) is 0 Å². The molecule has 0 radical (unpaired) electrons. The molecule has 0 heterocycles. The predicted molar refractivity (Wildman–Crippen MR) is 98.4 cm³/mol. The number of ether oxygens (including phenoxy) is 1. The van der Waals surface area contributed by atoms with E-state index in [2.05, 4.69) is 26.3 Å². The van der Waals surface area contributed by atoms with Crippen LogP contribution in [0.2, 0.25) is 0 Å². The second-order valence-corrected chi connectivity index (χ2v) is 5.50. The lowest BCUT2D eigenvalue weighted by molar-refractivity contribution is 0.152. The number of anilines is 1. The van der Waals surface area contributed by atoms with Gasteiger partial charge >= 0.3 is 6.03 Å². The zero-order chi connectivity index (χ0) is 17.8. The molecule has 0 saturated heterocycles. The smallest absolute Gasteiger partial charge is 0.319 e. The van der Waals surface area contributed by atoms with Crippen LogP contribution in [0.5, 0.6) is 0 Å². The molecule has 1 rings (SSSR count). The molecule has 7 nitrogen and oxygen atoms in total. The molecule has 0 aliphatic rings. The first-order chi connectivity index (χ1) is 11.5. The molecule has 0 aromatic heterocycles. The zero-order valence-corrected chi connectivity index (χ0v) is 15.0. The molecular formula is C17H29N5O2. The summed E-state index contributed by atoms with van der Waals surface area (Å²) in [5, 5.41) is 12.0. The van der Waals surface area contributed by atoms with Gasteiger partial charge < -0.3 is 26.0 Å². The maximum atomic E-state index is 11.6. The van der Waals surface area contributed by atoms with Crippen molar-refractivity contribution in [1.82, 2.24) is 16.0 Å². The minimum atomic E-state index is -0.199. The van der Waals surface area contributed by atoms with Crippen LogP contribution in [0, 0.1) is 0 Å². The highest BCUT2D eigenvalue weighted by Gasteiger charge is 2.03. The summed E-state index contributed by atoms with van der Waals surface area (Å²) in [6, 6.07) is 7.59. The van der Waals surface area contributed by atoms with E-state index in [9.17, 15) is 4.79 Å². The number of hydrogen-bond acceptors (Lipinski definition) is 3. The van der Waals surface area contributed by atoms with Gasteiger partial charge in [0.1, 0.15) is 0 Å². The summed E-state index contributed by atoms with van der Waals surface area (Å²) in [5.41, 5.74) is 1.86. The number of carbonyl (C=O) groups excluding carboxylic acids is 1. The van der Waals surface area contributed by atoms with Gasteiger partial charge in [0.25, 0.3) is 0 Å². The number of benzene rings is 1. The summed E-state index contributed by atoms with van der Waals surface area (Å²) in [6.07, 6.45) is 0. The van der Waals surface area contributed by atoms with Crippen LogP contribution in [0.25, 0.3) is 0 Å². The van der Waals surface area contributed by atoms with Crippen LogP contribution >= 0.6 is 0 Å². The second kappa shape index (κ2) is 11.3. The molecular weight excluding hydrogens is 306 g/mol. The Morgan fingerprint density at radius 1 is 1.21 bits per heavy atom. The lowest BCUT2D eigenvalue weighted by atomic mass is 10.2. The molecule has 7 heteroatoms. The van der Waals surface area contributed by atoms with E-state index < -0.39 is 0 Å². The Bertz CT molecular complexity index is 514. The van der Waals surface area contributed by atoms with Crippen LogP contribution in [0.4, 0.5) is 10.5 Å². The highest BCUT2D eigenvalue weighted by atomic mass is 16.5. The summed E-state index contributed by atoms with van der Waals surface area (Å²) >= 11 is 0. The Kier molecular flexibility index (Phi) is 9.29. The summed E-state index contributed by atoms with van der Waals surface area (Å²) < 4.78 is 5.28. The SMILES string of the molecule is CCOCCNC(=NC)NCc1ccc(NC(=O)NC(C)C)cc1. The zero-order valence-electron chi connectivity index (χ0n) is 15.0. The Labute approximate surface area is 144 Å². The van der Waals surface area contributed by atoms with Crippen LogP contribution < -0.4 is 21.3 Å². The van der Waals surface area contributed by atoms with Crippen LogP contribution in [0.1, 0.15) is 26.3 Å². The van der Waals surface area contributed by atoms with Crippen LogP contribution in [0.15, 0.2) is 29.3 Å². The molecule has 1 aromatic rings. The molecule has 0 aliphatic carbocycles. The number of hydrogen-bond donors (Lipinski definition) is 4. The van der Waals surface area contributed by atoms with E-state index in [1.807, 2.05) is 45.0 Å². The van der Waals surface area contributed by atoms with E-state index in [-0.39, 0.29) is 12.1 Å². The number of aliphatic imine (C=N–C) groups is 1. The van der Waals surface area contributed by atoms with Gasteiger partial charge in [-0.05, 0) is 38.5 Å². The van der Waals surface area contributed by atoms with Crippen molar-refractivity contribution in [3.05, 3.63) is 29.8 Å². The predicted octanol–water partition coefficient (Wildman–Crippen LogP) is 1.92. The van der Waals surface area contributed by atoms with Crippen molar-refractivity contribution in [3.8, 4) is 0 Å². The lowest BCUT2D eigenvalue weighted by Crippen LogP contribution is -2.38. The minimum absolute atomic E-state index is 0.107. The normalized spacial score (nSPS) is 11.3. The van der Waals surface area contributed by atoms with Crippen LogP contribution in [-0.2, 0) is 11.3 Å². The summed E-state index contributed by atoms with van der Waals surface area (Å²) in [6.45, 7) is 8.53. The van der Waals surface area contributed by atoms with Gasteiger partial charge in [0.15, 0.2) is 5.96 Å². The standard InChI is InChI=1S/C17H29N5O2/c1-5-24-11-10-19-16(18-4)20-12-14-6-8-15(9-7-14)22-17(23)21-13(2)3/h6-9,13H,5,10-12H2,1-4H3,(H2,18,19,20)(H2,21,22,23). The summed E-state index contributed by atoms with van der Waals surface area (Å²) in [5.74, 6) is 0.730. The third kappa shape index (κ3) is 8.38.